The van der Waals surface area contributed by atoms with E-state index >= 15 is 0 Å². The number of fused-ring (bicyclic) bond motifs is 1. The molecule has 0 saturated heterocycles. The van der Waals surface area contributed by atoms with E-state index in [-0.39, 0.29) is 0 Å². The number of aliphatic hydroxyl groups is 1. The molecular formula is C15H16OS. The maximum absolute atomic E-state index is 9.43. The van der Waals surface area contributed by atoms with Crippen LogP contribution in [0.3, 0.4) is 0 Å². The zero-order chi connectivity index (χ0) is 12.3. The van der Waals surface area contributed by atoms with Gasteiger partial charge < -0.3 is 5.11 Å². The predicted molar refractivity (Wildman–Crippen MR) is 74.4 cm³/mol. The maximum Gasteiger partial charge on any atom is 0.114 e. The molecule has 1 aromatic heterocycles. The topological polar surface area (TPSA) is 20.2 Å². The molecule has 0 aliphatic rings. The van der Waals surface area contributed by atoms with E-state index in [1.165, 1.54) is 20.5 Å². The molecule has 1 unspecified atom stereocenters. The highest BCUT2D eigenvalue weighted by Crippen LogP contribution is 2.32. The highest BCUT2D eigenvalue weighted by Gasteiger charge is 2.11. The molecule has 1 nitrogen and oxygen atoms in total. The third-order valence-electron chi connectivity index (χ3n) is 2.97. The molecule has 0 fully saturated rings. The molecule has 0 spiro atoms. The summed E-state index contributed by atoms with van der Waals surface area (Å²) < 4.78 is 1.33. The van der Waals surface area contributed by atoms with Gasteiger partial charge in [-0.2, -0.15) is 0 Å². The van der Waals surface area contributed by atoms with Crippen molar-refractivity contribution < 1.29 is 5.11 Å². The average molecular weight is 244 g/mol. The van der Waals surface area contributed by atoms with Crippen molar-refractivity contribution in [1.82, 2.24) is 0 Å². The lowest BCUT2D eigenvalue weighted by Gasteiger charge is -2.03. The molecule has 1 N–H and O–H groups in total. The van der Waals surface area contributed by atoms with E-state index < -0.39 is 6.10 Å². The van der Waals surface area contributed by atoms with Gasteiger partial charge in [-0.25, -0.2) is 0 Å². The van der Waals surface area contributed by atoms with E-state index in [2.05, 4.69) is 37.1 Å². The molecule has 0 radical (unpaired) electrons. The number of aryl methyl sites for hydroxylation is 2. The van der Waals surface area contributed by atoms with Crippen molar-refractivity contribution in [2.24, 2.45) is 0 Å². The summed E-state index contributed by atoms with van der Waals surface area (Å²) in [6.07, 6.45) is 7.12. The van der Waals surface area contributed by atoms with Crippen molar-refractivity contribution in [2.75, 3.05) is 0 Å². The van der Waals surface area contributed by atoms with Gasteiger partial charge in [-0.3, -0.25) is 0 Å². The lowest BCUT2D eigenvalue weighted by Crippen LogP contribution is -2.04. The van der Waals surface area contributed by atoms with E-state index in [1.54, 1.807) is 0 Å². The predicted octanol–water partition coefficient (Wildman–Crippen LogP) is 3.39. The normalized spacial score (nSPS) is 12.5. The van der Waals surface area contributed by atoms with Gasteiger partial charge in [0.1, 0.15) is 6.10 Å². The lowest BCUT2D eigenvalue weighted by atomic mass is 10.0. The van der Waals surface area contributed by atoms with Crippen LogP contribution < -0.4 is 0 Å². The number of aliphatic hydroxyl groups excluding tert-OH is 1. The van der Waals surface area contributed by atoms with E-state index in [0.717, 1.165) is 12.8 Å². The Kier molecular flexibility index (Phi) is 3.83. The Morgan fingerprint density at radius 1 is 1.41 bits per heavy atom. The van der Waals surface area contributed by atoms with Crippen molar-refractivity contribution in [3.8, 4) is 12.3 Å². The third kappa shape index (κ3) is 2.52. The van der Waals surface area contributed by atoms with Gasteiger partial charge in [0.15, 0.2) is 0 Å². The molecule has 88 valence electrons. The summed E-state index contributed by atoms with van der Waals surface area (Å²) in [6.45, 7) is 2.18. The summed E-state index contributed by atoms with van der Waals surface area (Å²) >= 11 is 1.82. The molecule has 0 saturated carbocycles. The van der Waals surface area contributed by atoms with Gasteiger partial charge in [-0.15, -0.1) is 17.8 Å². The van der Waals surface area contributed by atoms with Crippen molar-refractivity contribution in [3.63, 3.8) is 0 Å². The first kappa shape index (κ1) is 12.2. The SMILES string of the molecule is C#CC(O)CCc1sc2ccccc2c1CC. The fourth-order valence-electron chi connectivity index (χ4n) is 2.09. The van der Waals surface area contributed by atoms with Gasteiger partial charge >= 0.3 is 0 Å². The van der Waals surface area contributed by atoms with E-state index in [9.17, 15) is 5.11 Å². The number of hydrogen-bond acceptors (Lipinski definition) is 2. The number of hydrogen-bond donors (Lipinski definition) is 1. The Labute approximate surface area is 106 Å². The summed E-state index contributed by atoms with van der Waals surface area (Å²) in [7, 11) is 0. The molecule has 2 rings (SSSR count). The molecule has 1 aromatic carbocycles. The van der Waals surface area contributed by atoms with Crippen LogP contribution in [-0.4, -0.2) is 11.2 Å². The van der Waals surface area contributed by atoms with Crippen LogP contribution in [0.2, 0.25) is 0 Å². The molecule has 0 amide bonds. The summed E-state index contributed by atoms with van der Waals surface area (Å²) in [5.41, 5.74) is 1.41. The first-order chi connectivity index (χ1) is 8.26. The molecule has 2 heteroatoms. The molecule has 0 bridgehead atoms. The second kappa shape index (κ2) is 5.35. The lowest BCUT2D eigenvalue weighted by molar-refractivity contribution is 0.223. The van der Waals surface area contributed by atoms with Gasteiger partial charge in [0.05, 0.1) is 0 Å². The second-order valence-corrected chi connectivity index (χ2v) is 5.21. The molecule has 1 atom stereocenters. The van der Waals surface area contributed by atoms with Crippen LogP contribution in [-0.2, 0) is 12.8 Å². The zero-order valence-corrected chi connectivity index (χ0v) is 10.8. The monoisotopic (exact) mass is 244 g/mol. The minimum absolute atomic E-state index is 0.620. The maximum atomic E-state index is 9.43. The Morgan fingerprint density at radius 3 is 2.88 bits per heavy atom. The van der Waals surface area contributed by atoms with Crippen LogP contribution in [0.15, 0.2) is 24.3 Å². The summed E-state index contributed by atoms with van der Waals surface area (Å²) in [5, 5.41) is 10.8. The summed E-state index contributed by atoms with van der Waals surface area (Å²) in [6, 6.07) is 8.47. The zero-order valence-electron chi connectivity index (χ0n) is 9.94. The standard InChI is InChI=1S/C15H16OS/c1-3-11(16)9-10-15-12(4-2)13-7-5-6-8-14(13)17-15/h1,5-8,11,16H,4,9-10H2,2H3. The Morgan fingerprint density at radius 2 is 2.18 bits per heavy atom. The summed E-state index contributed by atoms with van der Waals surface area (Å²) in [4.78, 5) is 1.36. The Hall–Kier alpha value is -1.30. The molecule has 1 heterocycles. The smallest absolute Gasteiger partial charge is 0.114 e. The minimum Gasteiger partial charge on any atom is -0.380 e. The largest absolute Gasteiger partial charge is 0.380 e. The minimum atomic E-state index is -0.620. The Balaban J connectivity index is 2.31. The van der Waals surface area contributed by atoms with E-state index in [4.69, 9.17) is 6.42 Å². The van der Waals surface area contributed by atoms with Crippen LogP contribution in [0.4, 0.5) is 0 Å². The fourth-order valence-corrected chi connectivity index (χ4v) is 3.40. The third-order valence-corrected chi connectivity index (χ3v) is 4.25. The quantitative estimate of drug-likeness (QED) is 0.817. The van der Waals surface area contributed by atoms with Gasteiger partial charge in [-0.1, -0.05) is 31.0 Å². The van der Waals surface area contributed by atoms with Crippen LogP contribution in [0.1, 0.15) is 23.8 Å². The highest BCUT2D eigenvalue weighted by molar-refractivity contribution is 7.19. The molecule has 2 aromatic rings. The van der Waals surface area contributed by atoms with Crippen LogP contribution >= 0.6 is 11.3 Å². The van der Waals surface area contributed by atoms with Crippen LogP contribution in [0, 0.1) is 12.3 Å². The average Bonchev–Trinajstić information content (AvgIpc) is 2.73. The number of rotatable bonds is 4. The van der Waals surface area contributed by atoms with Crippen LogP contribution in [0.25, 0.3) is 10.1 Å². The van der Waals surface area contributed by atoms with Crippen molar-refractivity contribution in [1.29, 1.82) is 0 Å². The number of thiophene rings is 1. The second-order valence-electron chi connectivity index (χ2n) is 4.07. The summed E-state index contributed by atoms with van der Waals surface area (Å²) in [5.74, 6) is 2.37. The van der Waals surface area contributed by atoms with Crippen molar-refractivity contribution in [3.05, 3.63) is 34.7 Å². The van der Waals surface area contributed by atoms with E-state index in [0.29, 0.717) is 6.42 Å². The van der Waals surface area contributed by atoms with Gasteiger partial charge in [0.2, 0.25) is 0 Å². The molecule has 0 aliphatic heterocycles. The molecular weight excluding hydrogens is 228 g/mol. The number of terminal acetylenes is 1. The highest BCUT2D eigenvalue weighted by atomic mass is 32.1. The van der Waals surface area contributed by atoms with Crippen molar-refractivity contribution >= 4 is 21.4 Å². The molecule has 17 heavy (non-hydrogen) atoms. The van der Waals surface area contributed by atoms with Crippen LogP contribution in [0.5, 0.6) is 0 Å². The fraction of sp³-hybridized carbons (Fsp3) is 0.333. The molecule has 0 aliphatic carbocycles. The number of benzene rings is 1. The van der Waals surface area contributed by atoms with Gasteiger partial charge in [0.25, 0.3) is 0 Å². The van der Waals surface area contributed by atoms with Gasteiger partial charge in [0, 0.05) is 9.58 Å². The first-order valence-electron chi connectivity index (χ1n) is 5.89. The first-order valence-corrected chi connectivity index (χ1v) is 6.71. The van der Waals surface area contributed by atoms with Gasteiger partial charge in [-0.05, 0) is 36.3 Å². The Bertz CT molecular complexity index is 548. The van der Waals surface area contributed by atoms with E-state index in [1.807, 2.05) is 11.3 Å². The van der Waals surface area contributed by atoms with Crippen molar-refractivity contribution in [2.45, 2.75) is 32.3 Å².